The van der Waals surface area contributed by atoms with Crippen LogP contribution in [0, 0.1) is 0 Å². The van der Waals surface area contributed by atoms with E-state index in [1.54, 1.807) is 12.1 Å². The van der Waals surface area contributed by atoms with Crippen LogP contribution in [0.4, 0.5) is 4.79 Å². The van der Waals surface area contributed by atoms with Gasteiger partial charge in [-0.15, -0.1) is 0 Å². The number of urea groups is 1. The summed E-state index contributed by atoms with van der Waals surface area (Å²) in [6, 6.07) is 5.98. The molecule has 0 spiro atoms. The fraction of sp³-hybridized carbons (Fsp3) is 0.467. The van der Waals surface area contributed by atoms with Crippen molar-refractivity contribution in [2.45, 2.75) is 30.7 Å². The van der Waals surface area contributed by atoms with Gasteiger partial charge in [-0.25, -0.2) is 17.9 Å². The van der Waals surface area contributed by atoms with Crippen LogP contribution in [0.5, 0.6) is 0 Å². The maximum Gasteiger partial charge on any atom is 0.315 e. The lowest BCUT2D eigenvalue weighted by molar-refractivity contribution is -0.140. The number of sulfonamides is 1. The third-order valence-corrected chi connectivity index (χ3v) is 4.66. The average molecular weight is 357 g/mol. The highest BCUT2D eigenvalue weighted by molar-refractivity contribution is 7.89. The van der Waals surface area contributed by atoms with Gasteiger partial charge in [0.1, 0.15) is 0 Å². The van der Waals surface area contributed by atoms with E-state index in [-0.39, 0.29) is 23.4 Å². The average Bonchev–Trinajstić information content (AvgIpc) is 2.59. The molecule has 8 nitrogen and oxygen atoms in total. The van der Waals surface area contributed by atoms with Gasteiger partial charge in [-0.2, -0.15) is 0 Å². The summed E-state index contributed by atoms with van der Waals surface area (Å²) < 4.78 is 30.2. The molecule has 0 saturated carbocycles. The van der Waals surface area contributed by atoms with Crippen LogP contribution in [-0.4, -0.2) is 41.1 Å². The van der Waals surface area contributed by atoms with Crippen molar-refractivity contribution in [3.05, 3.63) is 29.8 Å². The molecule has 1 aromatic rings. The van der Waals surface area contributed by atoms with Gasteiger partial charge in [0, 0.05) is 19.5 Å². The van der Waals surface area contributed by atoms with Crippen molar-refractivity contribution in [3.63, 3.8) is 0 Å². The Labute approximate surface area is 142 Å². The van der Waals surface area contributed by atoms with Gasteiger partial charge in [0.25, 0.3) is 0 Å². The Morgan fingerprint density at radius 3 is 2.58 bits per heavy atom. The van der Waals surface area contributed by atoms with E-state index in [2.05, 4.69) is 20.1 Å². The minimum Gasteiger partial charge on any atom is -0.469 e. The number of benzene rings is 1. The molecular weight excluding hydrogens is 334 g/mol. The molecule has 0 aliphatic heterocycles. The van der Waals surface area contributed by atoms with Crippen LogP contribution in [0.1, 0.15) is 24.8 Å². The van der Waals surface area contributed by atoms with Crippen LogP contribution in [0.25, 0.3) is 0 Å². The van der Waals surface area contributed by atoms with Crippen molar-refractivity contribution < 1.29 is 22.7 Å². The third kappa shape index (κ3) is 6.97. The molecule has 0 atom stereocenters. The van der Waals surface area contributed by atoms with Crippen molar-refractivity contribution in [2.24, 2.45) is 0 Å². The SMILES string of the molecule is CNS(=O)(=O)c1cccc(CNC(=O)NCCCCC(=O)OC)c1. The molecule has 0 unspecified atom stereocenters. The van der Waals surface area contributed by atoms with E-state index < -0.39 is 10.0 Å². The van der Waals surface area contributed by atoms with E-state index in [0.29, 0.717) is 31.4 Å². The molecule has 0 saturated heterocycles. The number of carbonyl (C=O) groups is 2. The van der Waals surface area contributed by atoms with E-state index in [1.165, 1.54) is 26.3 Å². The Bertz CT molecular complexity index is 661. The first kappa shape index (κ1) is 19.9. The number of hydrogen-bond donors (Lipinski definition) is 3. The van der Waals surface area contributed by atoms with E-state index in [4.69, 9.17) is 0 Å². The number of unbranched alkanes of at least 4 members (excludes halogenated alkanes) is 1. The fourth-order valence-electron chi connectivity index (χ4n) is 1.88. The lowest BCUT2D eigenvalue weighted by Crippen LogP contribution is -2.35. The zero-order valence-corrected chi connectivity index (χ0v) is 14.6. The predicted octanol–water partition coefficient (Wildman–Crippen LogP) is 0.737. The van der Waals surface area contributed by atoms with Crippen molar-refractivity contribution in [2.75, 3.05) is 20.7 Å². The molecule has 1 rings (SSSR count). The Kier molecular flexibility index (Phi) is 8.20. The van der Waals surface area contributed by atoms with E-state index >= 15 is 0 Å². The summed E-state index contributed by atoms with van der Waals surface area (Å²) in [5.41, 5.74) is 0.673. The summed E-state index contributed by atoms with van der Waals surface area (Å²) in [7, 11) is -0.826. The zero-order valence-electron chi connectivity index (χ0n) is 13.8. The first-order valence-electron chi connectivity index (χ1n) is 7.50. The number of esters is 1. The second-order valence-corrected chi connectivity index (χ2v) is 6.88. The second kappa shape index (κ2) is 9.89. The Morgan fingerprint density at radius 1 is 1.17 bits per heavy atom. The van der Waals surface area contributed by atoms with E-state index in [1.807, 2.05) is 0 Å². The van der Waals surface area contributed by atoms with Crippen LogP contribution >= 0.6 is 0 Å². The highest BCUT2D eigenvalue weighted by atomic mass is 32.2. The highest BCUT2D eigenvalue weighted by Gasteiger charge is 2.11. The number of methoxy groups -OCH3 is 1. The summed E-state index contributed by atoms with van der Waals surface area (Å²) in [5.74, 6) is -0.268. The molecule has 9 heteroatoms. The highest BCUT2D eigenvalue weighted by Crippen LogP contribution is 2.10. The number of nitrogens with one attached hydrogen (secondary N) is 3. The Hall–Kier alpha value is -2.13. The normalized spacial score (nSPS) is 10.9. The Morgan fingerprint density at radius 2 is 1.92 bits per heavy atom. The number of carbonyl (C=O) groups excluding carboxylic acids is 2. The third-order valence-electron chi connectivity index (χ3n) is 3.25. The van der Waals surface area contributed by atoms with Gasteiger partial charge in [-0.3, -0.25) is 4.79 Å². The van der Waals surface area contributed by atoms with Crippen LogP contribution in [0.2, 0.25) is 0 Å². The molecule has 0 aliphatic carbocycles. The molecule has 0 radical (unpaired) electrons. The van der Waals surface area contributed by atoms with Gasteiger partial charge in [-0.05, 0) is 37.6 Å². The smallest absolute Gasteiger partial charge is 0.315 e. The van der Waals surface area contributed by atoms with Crippen molar-refractivity contribution >= 4 is 22.0 Å². The van der Waals surface area contributed by atoms with E-state index in [9.17, 15) is 18.0 Å². The molecule has 0 bridgehead atoms. The predicted molar refractivity (Wildman–Crippen MR) is 88.8 cm³/mol. The molecule has 0 aliphatic rings. The molecule has 24 heavy (non-hydrogen) atoms. The van der Waals surface area contributed by atoms with E-state index in [0.717, 1.165) is 0 Å². The van der Waals surface area contributed by atoms with Gasteiger partial charge in [0.05, 0.1) is 12.0 Å². The summed E-state index contributed by atoms with van der Waals surface area (Å²) in [6.45, 7) is 0.651. The second-order valence-electron chi connectivity index (χ2n) is 5.00. The molecule has 0 aromatic heterocycles. The number of rotatable bonds is 9. The van der Waals surface area contributed by atoms with Crippen molar-refractivity contribution in [1.82, 2.24) is 15.4 Å². The number of amides is 2. The quantitative estimate of drug-likeness (QED) is 0.445. The summed E-state index contributed by atoms with van der Waals surface area (Å²) in [6.07, 6.45) is 1.63. The zero-order chi connectivity index (χ0) is 18.0. The number of ether oxygens (including phenoxy) is 1. The lowest BCUT2D eigenvalue weighted by atomic mass is 10.2. The van der Waals surface area contributed by atoms with Crippen molar-refractivity contribution in [1.29, 1.82) is 0 Å². The Balaban J connectivity index is 2.35. The minimum absolute atomic E-state index is 0.146. The molecule has 0 heterocycles. The maximum absolute atomic E-state index is 11.7. The van der Waals surface area contributed by atoms with Crippen LogP contribution in [-0.2, 0) is 26.1 Å². The van der Waals surface area contributed by atoms with Crippen molar-refractivity contribution in [3.8, 4) is 0 Å². The first-order valence-corrected chi connectivity index (χ1v) is 8.98. The molecule has 134 valence electrons. The largest absolute Gasteiger partial charge is 0.469 e. The fourth-order valence-corrected chi connectivity index (χ4v) is 2.68. The monoisotopic (exact) mass is 357 g/mol. The van der Waals surface area contributed by atoms with Gasteiger partial charge in [0.2, 0.25) is 10.0 Å². The summed E-state index contributed by atoms with van der Waals surface area (Å²) in [4.78, 5) is 22.7. The standard InChI is InChI=1S/C15H23N3O5S/c1-16-24(21,22)13-7-5-6-12(10-13)11-18-15(20)17-9-4-3-8-14(19)23-2/h5-7,10,16H,3-4,8-9,11H2,1-2H3,(H2,17,18,20). The summed E-state index contributed by atoms with van der Waals surface area (Å²) in [5, 5.41) is 5.32. The van der Waals surface area contributed by atoms with Gasteiger partial charge < -0.3 is 15.4 Å². The molecule has 3 N–H and O–H groups in total. The first-order chi connectivity index (χ1) is 11.4. The molecule has 0 fully saturated rings. The van der Waals surface area contributed by atoms with Gasteiger partial charge in [0.15, 0.2) is 0 Å². The number of hydrogen-bond acceptors (Lipinski definition) is 5. The van der Waals surface area contributed by atoms with Crippen LogP contribution < -0.4 is 15.4 Å². The maximum atomic E-state index is 11.7. The van der Waals surface area contributed by atoms with Gasteiger partial charge in [-0.1, -0.05) is 12.1 Å². The topological polar surface area (TPSA) is 114 Å². The lowest BCUT2D eigenvalue weighted by Gasteiger charge is -2.09. The minimum atomic E-state index is -3.51. The van der Waals surface area contributed by atoms with Crippen LogP contribution in [0.3, 0.4) is 0 Å². The molecule has 1 aromatic carbocycles. The summed E-state index contributed by atoms with van der Waals surface area (Å²) >= 11 is 0. The molecular formula is C15H23N3O5S. The molecule has 2 amide bonds. The van der Waals surface area contributed by atoms with Crippen LogP contribution in [0.15, 0.2) is 29.2 Å². The van der Waals surface area contributed by atoms with Gasteiger partial charge >= 0.3 is 12.0 Å².